The van der Waals surface area contributed by atoms with Gasteiger partial charge in [0.05, 0.1) is 0 Å². The zero-order valence-electron chi connectivity index (χ0n) is 46.8. The summed E-state index contributed by atoms with van der Waals surface area (Å²) in [5.41, 5.74) is 0. The highest BCUT2D eigenvalue weighted by molar-refractivity contribution is 5.71. The molecular weight excluding hydrogens is 865 g/mol. The van der Waals surface area contributed by atoms with Crippen LogP contribution in [0.3, 0.4) is 0 Å². The lowest BCUT2D eigenvalue weighted by Crippen LogP contribution is -2.30. The van der Waals surface area contributed by atoms with Crippen molar-refractivity contribution in [1.29, 1.82) is 0 Å². The van der Waals surface area contributed by atoms with E-state index in [1.165, 1.54) is 199 Å². The maximum absolute atomic E-state index is 12.9. The topological polar surface area (TPSA) is 78.9 Å². The molecule has 0 aliphatic heterocycles. The Labute approximate surface area is 435 Å². The van der Waals surface area contributed by atoms with Crippen molar-refractivity contribution in [2.75, 3.05) is 13.2 Å². The number of unbranched alkanes of at least 4 members (excludes halogenated alkanes) is 37. The van der Waals surface area contributed by atoms with E-state index in [2.05, 4.69) is 69.4 Å². The lowest BCUT2D eigenvalue weighted by molar-refractivity contribution is -0.167. The monoisotopic (exact) mass is 981 g/mol. The maximum atomic E-state index is 12.9. The zero-order valence-corrected chi connectivity index (χ0v) is 46.8. The summed E-state index contributed by atoms with van der Waals surface area (Å²) in [5, 5.41) is 0. The normalized spacial score (nSPS) is 12.3. The summed E-state index contributed by atoms with van der Waals surface area (Å²) >= 11 is 0. The van der Waals surface area contributed by atoms with E-state index in [0.29, 0.717) is 19.3 Å². The molecule has 0 spiro atoms. The van der Waals surface area contributed by atoms with Crippen LogP contribution in [0.25, 0.3) is 0 Å². The molecule has 0 rings (SSSR count). The molecule has 0 fully saturated rings. The number of allylic oxidation sites excluding steroid dienone is 8. The smallest absolute Gasteiger partial charge is 0.306 e. The van der Waals surface area contributed by atoms with E-state index >= 15 is 0 Å². The number of hydrogen-bond donors (Lipinski definition) is 0. The third kappa shape index (κ3) is 56.3. The van der Waals surface area contributed by atoms with E-state index < -0.39 is 6.10 Å². The first-order chi connectivity index (χ1) is 34.5. The van der Waals surface area contributed by atoms with Crippen molar-refractivity contribution in [3.8, 4) is 0 Å². The summed E-state index contributed by atoms with van der Waals surface area (Å²) in [5.74, 6) is -0.875. The predicted octanol–water partition coefficient (Wildman–Crippen LogP) is 20.6. The SMILES string of the molecule is CC/C=C\C/C=C\C/C=C\CCCCCCCCC(=O)OCC(COC(=O)CCCCCCCCCCCCCCCCCCCCC)OC(=O)CCCCCCCCC/C=C\CCCCCCCC. The molecule has 0 heterocycles. The van der Waals surface area contributed by atoms with Gasteiger partial charge in [0.15, 0.2) is 6.10 Å². The first kappa shape index (κ1) is 67.4. The summed E-state index contributed by atoms with van der Waals surface area (Å²) in [4.78, 5) is 38.3. The molecule has 0 aliphatic carbocycles. The molecule has 408 valence electrons. The highest BCUT2D eigenvalue weighted by Gasteiger charge is 2.19. The minimum Gasteiger partial charge on any atom is -0.462 e. The van der Waals surface area contributed by atoms with Crippen LogP contribution in [-0.4, -0.2) is 37.2 Å². The Balaban J connectivity index is 4.35. The Morgan fingerprint density at radius 2 is 0.557 bits per heavy atom. The Hall–Kier alpha value is -2.63. The summed E-state index contributed by atoms with van der Waals surface area (Å²) in [6, 6.07) is 0. The average molecular weight is 982 g/mol. The zero-order chi connectivity index (χ0) is 50.7. The van der Waals surface area contributed by atoms with Crippen molar-refractivity contribution < 1.29 is 28.6 Å². The van der Waals surface area contributed by atoms with Crippen molar-refractivity contribution in [3.05, 3.63) is 48.6 Å². The first-order valence-corrected chi connectivity index (χ1v) is 30.6. The van der Waals surface area contributed by atoms with E-state index in [0.717, 1.165) is 83.5 Å². The standard InChI is InChI=1S/C64H116O6/c1-4-7-10-13-16-19-22-25-28-31-32-34-36-39-42-45-48-51-54-57-63(66)69-60-61(59-68-62(65)56-53-50-47-44-41-38-35-30-27-24-21-18-15-12-9-6-3)70-64(67)58-55-52-49-46-43-40-37-33-29-26-23-20-17-14-11-8-5-2/h9,12,18,21,26-27,29-30,61H,4-8,10-11,13-17,19-20,22-25,28,31-60H2,1-3H3/b12-9-,21-18-,29-26-,30-27-. The Bertz CT molecular complexity index is 1220. The van der Waals surface area contributed by atoms with Crippen LogP contribution in [0.2, 0.25) is 0 Å². The highest BCUT2D eigenvalue weighted by Crippen LogP contribution is 2.17. The van der Waals surface area contributed by atoms with E-state index in [4.69, 9.17) is 14.2 Å². The molecule has 0 N–H and O–H groups in total. The molecule has 0 saturated carbocycles. The van der Waals surface area contributed by atoms with Gasteiger partial charge in [-0.05, 0) is 77.0 Å². The van der Waals surface area contributed by atoms with Gasteiger partial charge in [-0.15, -0.1) is 0 Å². The van der Waals surface area contributed by atoms with Gasteiger partial charge in [-0.2, -0.15) is 0 Å². The van der Waals surface area contributed by atoms with Gasteiger partial charge in [-0.3, -0.25) is 14.4 Å². The molecule has 0 aromatic heterocycles. The summed E-state index contributed by atoms with van der Waals surface area (Å²) in [6.07, 6.45) is 72.5. The molecule has 0 radical (unpaired) electrons. The molecule has 0 aliphatic rings. The van der Waals surface area contributed by atoms with Crippen LogP contribution in [0.1, 0.15) is 323 Å². The average Bonchev–Trinajstić information content (AvgIpc) is 3.36. The van der Waals surface area contributed by atoms with Gasteiger partial charge in [0, 0.05) is 19.3 Å². The van der Waals surface area contributed by atoms with Gasteiger partial charge in [0.1, 0.15) is 13.2 Å². The maximum Gasteiger partial charge on any atom is 0.306 e. The number of esters is 3. The van der Waals surface area contributed by atoms with E-state index in [-0.39, 0.29) is 31.1 Å². The third-order valence-corrected chi connectivity index (χ3v) is 13.6. The first-order valence-electron chi connectivity index (χ1n) is 30.6. The second-order valence-electron chi connectivity index (χ2n) is 20.6. The summed E-state index contributed by atoms with van der Waals surface area (Å²) < 4.78 is 16.9. The molecule has 6 heteroatoms. The quantitative estimate of drug-likeness (QED) is 0.0261. The van der Waals surface area contributed by atoms with Crippen LogP contribution in [-0.2, 0) is 28.6 Å². The molecule has 70 heavy (non-hydrogen) atoms. The number of carbonyl (C=O) groups is 3. The van der Waals surface area contributed by atoms with Crippen molar-refractivity contribution in [1.82, 2.24) is 0 Å². The molecule has 0 aromatic rings. The van der Waals surface area contributed by atoms with Gasteiger partial charge in [0.2, 0.25) is 0 Å². The molecule has 0 amide bonds. The second-order valence-corrected chi connectivity index (χ2v) is 20.6. The fourth-order valence-corrected chi connectivity index (χ4v) is 8.98. The minimum absolute atomic E-state index is 0.0756. The van der Waals surface area contributed by atoms with Crippen LogP contribution in [0.15, 0.2) is 48.6 Å². The third-order valence-electron chi connectivity index (χ3n) is 13.6. The molecule has 1 unspecified atom stereocenters. The molecule has 1 atom stereocenters. The highest BCUT2D eigenvalue weighted by atomic mass is 16.6. The van der Waals surface area contributed by atoms with E-state index in [9.17, 15) is 14.4 Å². The van der Waals surface area contributed by atoms with Crippen LogP contribution in [0.5, 0.6) is 0 Å². The van der Waals surface area contributed by atoms with Crippen molar-refractivity contribution in [2.24, 2.45) is 0 Å². The van der Waals surface area contributed by atoms with Gasteiger partial charge in [-0.1, -0.05) is 275 Å². The summed E-state index contributed by atoms with van der Waals surface area (Å²) in [6.45, 7) is 6.56. The van der Waals surface area contributed by atoms with Gasteiger partial charge >= 0.3 is 17.9 Å². The van der Waals surface area contributed by atoms with Gasteiger partial charge in [0.25, 0.3) is 0 Å². The van der Waals surface area contributed by atoms with Crippen LogP contribution in [0, 0.1) is 0 Å². The fraction of sp³-hybridized carbons (Fsp3) is 0.828. The van der Waals surface area contributed by atoms with Crippen LogP contribution < -0.4 is 0 Å². The van der Waals surface area contributed by atoms with Gasteiger partial charge in [-0.25, -0.2) is 0 Å². The van der Waals surface area contributed by atoms with E-state index in [1.807, 2.05) is 0 Å². The summed E-state index contributed by atoms with van der Waals surface area (Å²) in [7, 11) is 0. The predicted molar refractivity (Wildman–Crippen MR) is 302 cm³/mol. The van der Waals surface area contributed by atoms with Crippen molar-refractivity contribution in [2.45, 2.75) is 329 Å². The molecular formula is C64H116O6. The Morgan fingerprint density at radius 3 is 0.886 bits per heavy atom. The molecule has 0 bridgehead atoms. The van der Waals surface area contributed by atoms with Crippen molar-refractivity contribution >= 4 is 17.9 Å². The van der Waals surface area contributed by atoms with Crippen LogP contribution >= 0.6 is 0 Å². The second kappa shape index (κ2) is 58.9. The van der Waals surface area contributed by atoms with E-state index in [1.54, 1.807) is 0 Å². The van der Waals surface area contributed by atoms with Crippen molar-refractivity contribution in [3.63, 3.8) is 0 Å². The lowest BCUT2D eigenvalue weighted by atomic mass is 10.0. The van der Waals surface area contributed by atoms with Crippen LogP contribution in [0.4, 0.5) is 0 Å². The number of ether oxygens (including phenoxy) is 3. The number of carbonyl (C=O) groups excluding carboxylic acids is 3. The Morgan fingerprint density at radius 1 is 0.300 bits per heavy atom. The molecule has 6 nitrogen and oxygen atoms in total. The fourth-order valence-electron chi connectivity index (χ4n) is 8.98. The number of hydrogen-bond acceptors (Lipinski definition) is 6. The molecule has 0 saturated heterocycles. The molecule has 0 aromatic carbocycles. The largest absolute Gasteiger partial charge is 0.462 e. The number of rotatable bonds is 56. The minimum atomic E-state index is -0.779. The van der Waals surface area contributed by atoms with Gasteiger partial charge < -0.3 is 14.2 Å². The lowest BCUT2D eigenvalue weighted by Gasteiger charge is -2.18. The Kier molecular flexibility index (Phi) is 56.7.